The van der Waals surface area contributed by atoms with E-state index in [0.29, 0.717) is 29.6 Å². The molecule has 8 heteroatoms. The number of rotatable bonds is 5. The molecule has 0 spiro atoms. The molecule has 27 heavy (non-hydrogen) atoms. The van der Waals surface area contributed by atoms with E-state index >= 15 is 0 Å². The molecule has 1 saturated heterocycles. The van der Waals surface area contributed by atoms with Crippen LogP contribution in [0.3, 0.4) is 0 Å². The standard InChI is InChI=1S/C19H17ClN4O3/c1-2-27-14-9-7-13(8-10-14)24-18(25)16-17(19(24)26)23(22-21-16)11-12-5-3-4-6-15(12)20/h3-10,16-17H,2,11H2,1H3/t16-,17+/m1/s1. The van der Waals surface area contributed by atoms with E-state index in [1.807, 2.05) is 25.1 Å². The number of halogens is 1. The fraction of sp³-hybridized carbons (Fsp3) is 0.263. The summed E-state index contributed by atoms with van der Waals surface area (Å²) in [4.78, 5) is 26.9. The molecule has 2 heterocycles. The highest BCUT2D eigenvalue weighted by atomic mass is 35.5. The Morgan fingerprint density at radius 1 is 1.07 bits per heavy atom. The topological polar surface area (TPSA) is 74.6 Å². The second-order valence-electron chi connectivity index (χ2n) is 6.22. The Kier molecular flexibility index (Phi) is 4.53. The van der Waals surface area contributed by atoms with Crippen molar-refractivity contribution in [3.63, 3.8) is 0 Å². The summed E-state index contributed by atoms with van der Waals surface area (Å²) in [6, 6.07) is 12.6. The summed E-state index contributed by atoms with van der Waals surface area (Å²) < 4.78 is 5.40. The van der Waals surface area contributed by atoms with E-state index in [1.54, 1.807) is 30.3 Å². The lowest BCUT2D eigenvalue weighted by Gasteiger charge is -2.21. The van der Waals surface area contributed by atoms with E-state index < -0.39 is 12.1 Å². The first kappa shape index (κ1) is 17.5. The van der Waals surface area contributed by atoms with Crippen LogP contribution in [0, 0.1) is 0 Å². The van der Waals surface area contributed by atoms with Crippen molar-refractivity contribution < 1.29 is 14.3 Å². The largest absolute Gasteiger partial charge is 0.494 e. The van der Waals surface area contributed by atoms with Crippen molar-refractivity contribution in [2.24, 2.45) is 10.3 Å². The quantitative estimate of drug-likeness (QED) is 0.742. The first-order chi connectivity index (χ1) is 13.1. The molecule has 7 nitrogen and oxygen atoms in total. The fourth-order valence-corrected chi connectivity index (χ4v) is 3.46. The molecule has 2 aromatic carbocycles. The van der Waals surface area contributed by atoms with Crippen LogP contribution in [0.4, 0.5) is 5.69 Å². The number of carbonyl (C=O) groups is 2. The lowest BCUT2D eigenvalue weighted by atomic mass is 10.1. The van der Waals surface area contributed by atoms with Crippen LogP contribution in [-0.2, 0) is 16.1 Å². The van der Waals surface area contributed by atoms with Gasteiger partial charge in [0, 0.05) is 5.02 Å². The van der Waals surface area contributed by atoms with Gasteiger partial charge < -0.3 is 4.74 Å². The van der Waals surface area contributed by atoms with Gasteiger partial charge in [0.25, 0.3) is 11.8 Å². The minimum atomic E-state index is -0.827. The van der Waals surface area contributed by atoms with Crippen LogP contribution in [0.1, 0.15) is 12.5 Å². The van der Waals surface area contributed by atoms with Crippen LogP contribution in [-0.4, -0.2) is 35.5 Å². The highest BCUT2D eigenvalue weighted by Gasteiger charge is 2.54. The van der Waals surface area contributed by atoms with E-state index in [-0.39, 0.29) is 11.8 Å². The number of imide groups is 1. The lowest BCUT2D eigenvalue weighted by molar-refractivity contribution is -0.123. The van der Waals surface area contributed by atoms with Gasteiger partial charge in [-0.25, -0.2) is 4.90 Å². The number of amides is 2. The normalized spacial score (nSPS) is 21.1. The van der Waals surface area contributed by atoms with E-state index in [2.05, 4.69) is 10.3 Å². The van der Waals surface area contributed by atoms with E-state index in [1.165, 1.54) is 9.91 Å². The first-order valence-corrected chi connectivity index (χ1v) is 8.99. The molecule has 138 valence electrons. The second kappa shape index (κ2) is 7.00. The van der Waals surface area contributed by atoms with Crippen molar-refractivity contribution in [2.75, 3.05) is 11.5 Å². The maximum atomic E-state index is 13.0. The average molecular weight is 385 g/mol. The van der Waals surface area contributed by atoms with Crippen molar-refractivity contribution in [2.45, 2.75) is 25.6 Å². The van der Waals surface area contributed by atoms with Gasteiger partial charge in [-0.15, -0.1) is 0 Å². The number of nitrogens with zero attached hydrogens (tertiary/aromatic N) is 4. The van der Waals surface area contributed by atoms with Crippen molar-refractivity contribution in [1.82, 2.24) is 5.01 Å². The molecule has 0 N–H and O–H groups in total. The number of benzene rings is 2. The molecule has 1 fully saturated rings. The monoisotopic (exact) mass is 384 g/mol. The third kappa shape index (κ3) is 3.04. The summed E-state index contributed by atoms with van der Waals surface area (Å²) in [5.74, 6) is -0.0358. The maximum Gasteiger partial charge on any atom is 0.263 e. The highest BCUT2D eigenvalue weighted by molar-refractivity contribution is 6.31. The number of hydrogen-bond acceptors (Lipinski definition) is 6. The molecule has 4 rings (SSSR count). The summed E-state index contributed by atoms with van der Waals surface area (Å²) in [6.07, 6.45) is 0. The van der Waals surface area contributed by atoms with Crippen LogP contribution < -0.4 is 9.64 Å². The Morgan fingerprint density at radius 3 is 2.52 bits per heavy atom. The molecule has 0 unspecified atom stereocenters. The van der Waals surface area contributed by atoms with E-state index in [4.69, 9.17) is 16.3 Å². The van der Waals surface area contributed by atoms with Crippen LogP contribution in [0.25, 0.3) is 0 Å². The summed E-state index contributed by atoms with van der Waals surface area (Å²) in [5.41, 5.74) is 1.31. The Labute approximate surface area is 161 Å². The smallest absolute Gasteiger partial charge is 0.263 e. The summed E-state index contributed by atoms with van der Waals surface area (Å²) in [5, 5.41) is 10.2. The van der Waals surface area contributed by atoms with Gasteiger partial charge in [-0.1, -0.05) is 35.0 Å². The Hall–Kier alpha value is -2.93. The van der Waals surface area contributed by atoms with Gasteiger partial charge in [-0.3, -0.25) is 14.6 Å². The van der Waals surface area contributed by atoms with Crippen LogP contribution in [0.15, 0.2) is 58.9 Å². The molecule has 2 aromatic rings. The third-order valence-corrected chi connectivity index (χ3v) is 4.92. The van der Waals surface area contributed by atoms with Gasteiger partial charge in [0.15, 0.2) is 12.1 Å². The lowest BCUT2D eigenvalue weighted by Crippen LogP contribution is -2.39. The number of hydrogen-bond donors (Lipinski definition) is 0. The van der Waals surface area contributed by atoms with Crippen molar-refractivity contribution >= 4 is 29.1 Å². The SMILES string of the molecule is CCOc1ccc(N2C(=O)[C@@H]3[C@@H](N=NN3Cc3ccccc3Cl)C2=O)cc1. The minimum Gasteiger partial charge on any atom is -0.494 e. The average Bonchev–Trinajstić information content (AvgIpc) is 3.19. The van der Waals surface area contributed by atoms with Gasteiger partial charge in [-0.05, 0) is 42.8 Å². The Balaban J connectivity index is 1.57. The Bertz CT molecular complexity index is 915. The first-order valence-electron chi connectivity index (χ1n) is 8.61. The van der Waals surface area contributed by atoms with E-state index in [9.17, 15) is 9.59 Å². The van der Waals surface area contributed by atoms with Gasteiger partial charge >= 0.3 is 0 Å². The highest BCUT2D eigenvalue weighted by Crippen LogP contribution is 2.34. The van der Waals surface area contributed by atoms with Gasteiger partial charge in [0.05, 0.1) is 18.8 Å². The number of fused-ring (bicyclic) bond motifs is 1. The maximum absolute atomic E-state index is 13.0. The van der Waals surface area contributed by atoms with Crippen molar-refractivity contribution in [1.29, 1.82) is 0 Å². The van der Waals surface area contributed by atoms with Gasteiger partial charge in [0.2, 0.25) is 0 Å². The molecule has 0 aromatic heterocycles. The molecule has 2 aliphatic rings. The Morgan fingerprint density at radius 2 is 1.81 bits per heavy atom. The van der Waals surface area contributed by atoms with Crippen LogP contribution in [0.5, 0.6) is 5.75 Å². The zero-order chi connectivity index (χ0) is 19.0. The van der Waals surface area contributed by atoms with Gasteiger partial charge in [0.1, 0.15) is 5.75 Å². The molecule has 0 radical (unpaired) electrons. The van der Waals surface area contributed by atoms with Gasteiger partial charge in [-0.2, -0.15) is 5.11 Å². The minimum absolute atomic E-state index is 0.306. The zero-order valence-corrected chi connectivity index (χ0v) is 15.3. The molecule has 0 bridgehead atoms. The number of carbonyl (C=O) groups excluding carboxylic acids is 2. The predicted molar refractivity (Wildman–Crippen MR) is 99.5 cm³/mol. The molecular weight excluding hydrogens is 368 g/mol. The summed E-state index contributed by atoms with van der Waals surface area (Å²) >= 11 is 6.20. The molecule has 2 aliphatic heterocycles. The third-order valence-electron chi connectivity index (χ3n) is 4.55. The molecular formula is C19H17ClN4O3. The second-order valence-corrected chi connectivity index (χ2v) is 6.63. The van der Waals surface area contributed by atoms with Crippen molar-refractivity contribution in [3.05, 3.63) is 59.1 Å². The summed E-state index contributed by atoms with van der Waals surface area (Å²) in [6.45, 7) is 2.74. The molecule has 0 saturated carbocycles. The van der Waals surface area contributed by atoms with Crippen LogP contribution >= 0.6 is 11.6 Å². The van der Waals surface area contributed by atoms with Crippen molar-refractivity contribution in [3.8, 4) is 5.75 Å². The number of anilines is 1. The van der Waals surface area contributed by atoms with E-state index in [0.717, 1.165) is 5.56 Å². The van der Waals surface area contributed by atoms with Crippen LogP contribution in [0.2, 0.25) is 5.02 Å². The molecule has 2 amide bonds. The molecule has 2 atom stereocenters. The molecule has 0 aliphatic carbocycles. The zero-order valence-electron chi connectivity index (χ0n) is 14.6. The fourth-order valence-electron chi connectivity index (χ4n) is 3.27. The summed E-state index contributed by atoms with van der Waals surface area (Å²) in [7, 11) is 0. The predicted octanol–water partition coefficient (Wildman–Crippen LogP) is 3.23. The number of ether oxygens (including phenoxy) is 1.